The molecule has 0 aliphatic carbocycles. The van der Waals surface area contributed by atoms with Crippen LogP contribution < -0.4 is 5.73 Å². The van der Waals surface area contributed by atoms with Crippen molar-refractivity contribution in [3.05, 3.63) is 35.1 Å². The fraction of sp³-hybridized carbons (Fsp3) is 0.333. The first-order chi connectivity index (χ1) is 8.43. The van der Waals surface area contributed by atoms with Gasteiger partial charge in [-0.25, -0.2) is 4.39 Å². The van der Waals surface area contributed by atoms with E-state index in [0.717, 1.165) is 0 Å². The van der Waals surface area contributed by atoms with Gasteiger partial charge >= 0.3 is 11.9 Å². The SMILES string of the molecule is COC(=O)[C@@H](N)Cc1ccc(CC(=O)O)c(F)c1.Cl. The van der Waals surface area contributed by atoms with Crippen LogP contribution in [0.3, 0.4) is 0 Å². The smallest absolute Gasteiger partial charge is 0.322 e. The zero-order valence-corrected chi connectivity index (χ0v) is 11.1. The third-order valence-corrected chi connectivity index (χ3v) is 2.42. The third kappa shape index (κ3) is 5.23. The summed E-state index contributed by atoms with van der Waals surface area (Å²) in [5.74, 6) is -2.30. The Morgan fingerprint density at radius 3 is 2.58 bits per heavy atom. The molecule has 1 aromatic rings. The molecule has 0 saturated carbocycles. The van der Waals surface area contributed by atoms with Crippen molar-refractivity contribution in [1.82, 2.24) is 0 Å². The van der Waals surface area contributed by atoms with Crippen molar-refractivity contribution in [3.63, 3.8) is 0 Å². The van der Waals surface area contributed by atoms with E-state index in [4.69, 9.17) is 10.8 Å². The number of ether oxygens (including phenoxy) is 1. The molecule has 0 bridgehead atoms. The second-order valence-corrected chi connectivity index (χ2v) is 3.83. The van der Waals surface area contributed by atoms with Gasteiger partial charge in [-0.05, 0) is 23.6 Å². The lowest BCUT2D eigenvalue weighted by Crippen LogP contribution is -2.33. The lowest BCUT2D eigenvalue weighted by atomic mass is 10.0. The number of hydrogen-bond acceptors (Lipinski definition) is 4. The molecule has 0 spiro atoms. The maximum Gasteiger partial charge on any atom is 0.322 e. The van der Waals surface area contributed by atoms with Gasteiger partial charge < -0.3 is 15.6 Å². The number of halogens is 2. The summed E-state index contributed by atoms with van der Waals surface area (Å²) in [6.07, 6.45) is -0.244. The van der Waals surface area contributed by atoms with Gasteiger partial charge in [0.05, 0.1) is 13.5 Å². The fourth-order valence-electron chi connectivity index (χ4n) is 1.51. The maximum atomic E-state index is 13.5. The minimum absolute atomic E-state index is 0. The number of benzene rings is 1. The van der Waals surface area contributed by atoms with E-state index in [1.807, 2.05) is 0 Å². The zero-order chi connectivity index (χ0) is 13.7. The molecule has 7 heteroatoms. The minimum Gasteiger partial charge on any atom is -0.481 e. The molecular weight excluding hydrogens is 277 g/mol. The predicted octanol–water partition coefficient (Wildman–Crippen LogP) is 0.917. The molecule has 0 aliphatic heterocycles. The summed E-state index contributed by atoms with van der Waals surface area (Å²) < 4.78 is 18.0. The summed E-state index contributed by atoms with van der Waals surface area (Å²) in [5, 5.41) is 8.56. The van der Waals surface area contributed by atoms with Crippen LogP contribution in [0.2, 0.25) is 0 Å². The first-order valence-corrected chi connectivity index (χ1v) is 5.26. The Morgan fingerprint density at radius 2 is 2.11 bits per heavy atom. The molecule has 0 radical (unpaired) electrons. The van der Waals surface area contributed by atoms with Gasteiger partial charge in [0, 0.05) is 0 Å². The Hall–Kier alpha value is -1.66. The highest BCUT2D eigenvalue weighted by Crippen LogP contribution is 2.13. The van der Waals surface area contributed by atoms with E-state index >= 15 is 0 Å². The Bertz CT molecular complexity index is 467. The number of rotatable bonds is 5. The van der Waals surface area contributed by atoms with E-state index in [2.05, 4.69) is 4.74 Å². The number of esters is 1. The van der Waals surface area contributed by atoms with E-state index in [9.17, 15) is 14.0 Å². The minimum atomic E-state index is -1.10. The van der Waals surface area contributed by atoms with Gasteiger partial charge in [-0.2, -0.15) is 0 Å². The highest BCUT2D eigenvalue weighted by Gasteiger charge is 2.15. The second kappa shape index (κ2) is 7.70. The summed E-state index contributed by atoms with van der Waals surface area (Å²) in [6, 6.07) is 3.24. The number of nitrogens with two attached hydrogens (primary N) is 1. The molecule has 0 heterocycles. The van der Waals surface area contributed by atoms with Gasteiger partial charge in [0.1, 0.15) is 11.9 Å². The number of carboxylic acids is 1. The van der Waals surface area contributed by atoms with Crippen LogP contribution in [-0.4, -0.2) is 30.2 Å². The van der Waals surface area contributed by atoms with E-state index in [0.29, 0.717) is 5.56 Å². The Labute approximate surface area is 116 Å². The average molecular weight is 292 g/mol. The van der Waals surface area contributed by atoms with Crippen LogP contribution in [0, 0.1) is 5.82 Å². The van der Waals surface area contributed by atoms with Crippen LogP contribution in [0.15, 0.2) is 18.2 Å². The molecule has 0 saturated heterocycles. The maximum absolute atomic E-state index is 13.5. The molecule has 1 rings (SSSR count). The normalized spacial score (nSPS) is 11.3. The molecule has 5 nitrogen and oxygen atoms in total. The summed E-state index contributed by atoms with van der Waals surface area (Å²) in [6.45, 7) is 0. The molecular formula is C12H15ClFNO4. The number of methoxy groups -OCH3 is 1. The highest BCUT2D eigenvalue weighted by molar-refractivity contribution is 5.85. The van der Waals surface area contributed by atoms with Crippen LogP contribution in [-0.2, 0) is 27.2 Å². The molecule has 1 aromatic carbocycles. The summed E-state index contributed by atoms with van der Waals surface area (Å²) in [5.41, 5.74) is 6.15. The topological polar surface area (TPSA) is 89.6 Å². The number of carbonyl (C=O) groups excluding carboxylic acids is 1. The molecule has 0 aliphatic rings. The van der Waals surface area contributed by atoms with Crippen molar-refractivity contribution < 1.29 is 23.8 Å². The second-order valence-electron chi connectivity index (χ2n) is 3.83. The van der Waals surface area contributed by atoms with Gasteiger partial charge in [0.2, 0.25) is 0 Å². The van der Waals surface area contributed by atoms with E-state index in [-0.39, 0.29) is 30.8 Å². The standard InChI is InChI=1S/C12H14FNO4.ClH/c1-18-12(17)10(14)5-7-2-3-8(6-11(15)16)9(13)4-7;/h2-4,10H,5-6,14H2,1H3,(H,15,16);1H/t10-;/m0./s1. The Morgan fingerprint density at radius 1 is 1.47 bits per heavy atom. The number of aliphatic carboxylic acids is 1. The van der Waals surface area contributed by atoms with Gasteiger partial charge in [-0.15, -0.1) is 12.4 Å². The van der Waals surface area contributed by atoms with Crippen molar-refractivity contribution in [2.24, 2.45) is 5.73 Å². The molecule has 106 valence electrons. The molecule has 19 heavy (non-hydrogen) atoms. The molecule has 0 unspecified atom stereocenters. The van der Waals surface area contributed by atoms with E-state index in [1.54, 1.807) is 6.07 Å². The molecule has 0 fully saturated rings. The monoisotopic (exact) mass is 291 g/mol. The first-order valence-electron chi connectivity index (χ1n) is 5.26. The lowest BCUT2D eigenvalue weighted by molar-refractivity contribution is -0.142. The molecule has 0 aromatic heterocycles. The van der Waals surface area contributed by atoms with Crippen LogP contribution in [0.25, 0.3) is 0 Å². The Kier molecular flexibility index (Phi) is 7.03. The first kappa shape index (κ1) is 17.3. The largest absolute Gasteiger partial charge is 0.481 e. The number of carboxylic acid groups (broad SMARTS) is 1. The van der Waals surface area contributed by atoms with Crippen molar-refractivity contribution in [2.45, 2.75) is 18.9 Å². The van der Waals surface area contributed by atoms with Gasteiger partial charge in [0.15, 0.2) is 0 Å². The molecule has 3 N–H and O–H groups in total. The van der Waals surface area contributed by atoms with Crippen molar-refractivity contribution in [1.29, 1.82) is 0 Å². The molecule has 1 atom stereocenters. The molecule has 0 amide bonds. The summed E-state index contributed by atoms with van der Waals surface area (Å²) >= 11 is 0. The van der Waals surface area contributed by atoms with Crippen LogP contribution in [0.5, 0.6) is 0 Å². The van der Waals surface area contributed by atoms with Crippen LogP contribution >= 0.6 is 12.4 Å². The highest BCUT2D eigenvalue weighted by atomic mass is 35.5. The summed E-state index contributed by atoms with van der Waals surface area (Å²) in [4.78, 5) is 21.6. The van der Waals surface area contributed by atoms with Crippen LogP contribution in [0.4, 0.5) is 4.39 Å². The van der Waals surface area contributed by atoms with Crippen LogP contribution in [0.1, 0.15) is 11.1 Å². The van der Waals surface area contributed by atoms with Crippen molar-refractivity contribution in [3.8, 4) is 0 Å². The third-order valence-electron chi connectivity index (χ3n) is 2.42. The van der Waals surface area contributed by atoms with E-state index in [1.165, 1.54) is 19.2 Å². The van der Waals surface area contributed by atoms with Gasteiger partial charge in [-0.1, -0.05) is 12.1 Å². The zero-order valence-electron chi connectivity index (χ0n) is 10.3. The van der Waals surface area contributed by atoms with Crippen molar-refractivity contribution >= 4 is 24.3 Å². The lowest BCUT2D eigenvalue weighted by Gasteiger charge is -2.10. The predicted molar refractivity (Wildman–Crippen MR) is 68.7 cm³/mol. The van der Waals surface area contributed by atoms with E-state index < -0.39 is 23.8 Å². The Balaban J connectivity index is 0.00000324. The number of carbonyl (C=O) groups is 2. The van der Waals surface area contributed by atoms with Gasteiger partial charge in [-0.3, -0.25) is 9.59 Å². The summed E-state index contributed by atoms with van der Waals surface area (Å²) in [7, 11) is 1.22. The number of hydrogen-bond donors (Lipinski definition) is 2. The van der Waals surface area contributed by atoms with Crippen molar-refractivity contribution in [2.75, 3.05) is 7.11 Å². The van der Waals surface area contributed by atoms with Gasteiger partial charge in [0.25, 0.3) is 0 Å². The quantitative estimate of drug-likeness (QED) is 0.787. The average Bonchev–Trinajstić information content (AvgIpc) is 2.31. The fourth-order valence-corrected chi connectivity index (χ4v) is 1.51.